The molecule has 2 aromatic rings. The Labute approximate surface area is 248 Å². The summed E-state index contributed by atoms with van der Waals surface area (Å²) in [4.78, 5) is 36.9. The second kappa shape index (κ2) is 10.9. The fourth-order valence-corrected chi connectivity index (χ4v) is 11.3. The van der Waals surface area contributed by atoms with Crippen LogP contribution in [0.25, 0.3) is 0 Å². The second-order valence-electron chi connectivity index (χ2n) is 13.0. The molecule has 2 aromatic carbocycles. The number of ether oxygens (including phenoxy) is 4. The Kier molecular flexibility index (Phi) is 7.85. The minimum absolute atomic E-state index is 0.0654. The van der Waals surface area contributed by atoms with Crippen LogP contribution in [0.2, 0.25) is 5.04 Å². The molecule has 0 unspecified atom stereocenters. The molecule has 224 valence electrons. The van der Waals surface area contributed by atoms with E-state index < -0.39 is 55.9 Å². The van der Waals surface area contributed by atoms with Gasteiger partial charge in [0.2, 0.25) is 0 Å². The van der Waals surface area contributed by atoms with E-state index >= 15 is 0 Å². The summed E-state index contributed by atoms with van der Waals surface area (Å²) in [6, 6.07) is 20.5. The lowest BCUT2D eigenvalue weighted by Crippen LogP contribution is -2.67. The van der Waals surface area contributed by atoms with Gasteiger partial charge in [0.1, 0.15) is 35.8 Å². The number of benzene rings is 2. The van der Waals surface area contributed by atoms with Gasteiger partial charge in [-0.15, -0.1) is 0 Å². The Bertz CT molecular complexity index is 1340. The predicted octanol–water partition coefficient (Wildman–Crippen LogP) is 3.64. The van der Waals surface area contributed by atoms with E-state index in [1.807, 2.05) is 50.2 Å². The Morgan fingerprint density at radius 3 is 1.95 bits per heavy atom. The van der Waals surface area contributed by atoms with E-state index in [0.717, 1.165) is 16.7 Å². The van der Waals surface area contributed by atoms with Crippen LogP contribution < -0.4 is 10.4 Å². The van der Waals surface area contributed by atoms with Gasteiger partial charge in [0.05, 0.1) is 6.61 Å². The van der Waals surface area contributed by atoms with Gasteiger partial charge >= 0.3 is 11.9 Å². The van der Waals surface area contributed by atoms with E-state index in [-0.39, 0.29) is 11.6 Å². The first-order valence-electron chi connectivity index (χ1n) is 14.4. The first-order chi connectivity index (χ1) is 19.8. The fourth-order valence-electron chi connectivity index (χ4n) is 6.82. The van der Waals surface area contributed by atoms with Crippen molar-refractivity contribution < 1.29 is 37.8 Å². The zero-order valence-corrected chi connectivity index (χ0v) is 26.3. The average Bonchev–Trinajstić information content (AvgIpc) is 3.65. The van der Waals surface area contributed by atoms with Gasteiger partial charge < -0.3 is 23.4 Å². The molecular weight excluding hydrogens is 552 g/mol. The number of esters is 2. The summed E-state index contributed by atoms with van der Waals surface area (Å²) in [5.41, 5.74) is -0.907. The lowest BCUT2D eigenvalue weighted by Gasteiger charge is -2.49. The maximum absolute atomic E-state index is 12.8. The summed E-state index contributed by atoms with van der Waals surface area (Å²) in [5.74, 6) is -0.945. The molecule has 0 bridgehead atoms. The fraction of sp³-hybridized carbons (Fsp3) is 0.485. The van der Waals surface area contributed by atoms with Gasteiger partial charge in [0.25, 0.3) is 8.32 Å². The molecule has 9 heteroatoms. The van der Waals surface area contributed by atoms with Crippen LogP contribution in [0, 0.1) is 0 Å². The first-order valence-corrected chi connectivity index (χ1v) is 16.3. The van der Waals surface area contributed by atoms with Gasteiger partial charge in [-0.1, -0.05) is 81.4 Å². The third-order valence-electron chi connectivity index (χ3n) is 8.77. The molecule has 1 aliphatic carbocycles. The molecular formula is C33H40O8Si. The van der Waals surface area contributed by atoms with Crippen molar-refractivity contribution in [2.24, 2.45) is 0 Å². The van der Waals surface area contributed by atoms with Crippen LogP contribution in [-0.2, 0) is 37.8 Å². The van der Waals surface area contributed by atoms with Crippen LogP contribution in [-0.4, -0.2) is 68.8 Å². The summed E-state index contributed by atoms with van der Waals surface area (Å²) in [7, 11) is -2.99. The van der Waals surface area contributed by atoms with E-state index in [1.165, 1.54) is 13.8 Å². The number of rotatable bonds is 8. The SMILES string of the molecule is CC(=O)O[C@H]1C(C=O)=C(CO[Si](c2ccccc2)(c2ccccc2)C(C)(C)C)[C@H]2OC(C)(C)[C@H](OC(C)=O)C[C@]23O[C@H]13. The molecule has 2 heterocycles. The van der Waals surface area contributed by atoms with Crippen LogP contribution in [0.4, 0.5) is 0 Å². The summed E-state index contributed by atoms with van der Waals surface area (Å²) < 4.78 is 31.5. The summed E-state index contributed by atoms with van der Waals surface area (Å²) in [5, 5.41) is 1.89. The third kappa shape index (κ3) is 5.06. The van der Waals surface area contributed by atoms with Gasteiger partial charge in [-0.05, 0) is 34.8 Å². The van der Waals surface area contributed by atoms with Crippen molar-refractivity contribution in [3.8, 4) is 0 Å². The largest absolute Gasteiger partial charge is 0.459 e. The van der Waals surface area contributed by atoms with Crippen molar-refractivity contribution in [2.75, 3.05) is 6.61 Å². The zero-order chi connectivity index (χ0) is 30.5. The number of carbonyl (C=O) groups is 3. The van der Waals surface area contributed by atoms with Gasteiger partial charge in [-0.2, -0.15) is 0 Å². The molecule has 42 heavy (non-hydrogen) atoms. The van der Waals surface area contributed by atoms with Gasteiger partial charge in [0.15, 0.2) is 6.10 Å². The molecule has 2 aliphatic heterocycles. The smallest absolute Gasteiger partial charge is 0.303 e. The predicted molar refractivity (Wildman–Crippen MR) is 159 cm³/mol. The Morgan fingerprint density at radius 2 is 1.48 bits per heavy atom. The van der Waals surface area contributed by atoms with Crippen molar-refractivity contribution in [1.29, 1.82) is 0 Å². The molecule has 5 rings (SSSR count). The first kappa shape index (κ1) is 30.3. The molecule has 1 spiro atoms. The van der Waals surface area contributed by atoms with Crippen molar-refractivity contribution in [3.05, 3.63) is 71.8 Å². The van der Waals surface area contributed by atoms with Crippen molar-refractivity contribution in [1.82, 2.24) is 0 Å². The maximum Gasteiger partial charge on any atom is 0.303 e. The number of hydrogen-bond acceptors (Lipinski definition) is 8. The van der Waals surface area contributed by atoms with Crippen LogP contribution in [0.15, 0.2) is 71.8 Å². The lowest BCUT2D eigenvalue weighted by atomic mass is 9.73. The average molecular weight is 593 g/mol. The highest BCUT2D eigenvalue weighted by atomic mass is 28.4. The normalized spacial score (nSPS) is 28.3. The minimum atomic E-state index is -2.99. The van der Waals surface area contributed by atoms with Crippen LogP contribution in [0.3, 0.4) is 0 Å². The van der Waals surface area contributed by atoms with E-state index in [9.17, 15) is 14.4 Å². The highest BCUT2D eigenvalue weighted by Gasteiger charge is 2.74. The standard InChI is InChI=1S/C33H40O8Si/c1-21(35)38-27-18-33-29(40-32(27,6)7)26(25(19-34)28(30(33)41-33)39-22(2)36)20-37-42(31(3,4)5,23-14-10-8-11-15-23)24-16-12-9-13-17-24/h8-17,19,27-30H,18,20H2,1-7H3/t27-,28+,29-,30-,33+/m1/s1. The molecule has 0 aromatic heterocycles. The Hall–Kier alpha value is -3.11. The van der Waals surface area contributed by atoms with Crippen molar-refractivity contribution in [3.63, 3.8) is 0 Å². The summed E-state index contributed by atoms with van der Waals surface area (Å²) in [6.07, 6.45) is -1.70. The van der Waals surface area contributed by atoms with Gasteiger partial charge in [0, 0.05) is 25.8 Å². The van der Waals surface area contributed by atoms with E-state index in [1.54, 1.807) is 0 Å². The van der Waals surface area contributed by atoms with Crippen LogP contribution in [0.1, 0.15) is 54.9 Å². The van der Waals surface area contributed by atoms with Crippen LogP contribution in [0.5, 0.6) is 0 Å². The summed E-state index contributed by atoms with van der Waals surface area (Å²) in [6.45, 7) is 13.0. The number of aldehydes is 1. The number of carbonyl (C=O) groups excluding carboxylic acids is 3. The Balaban J connectivity index is 1.63. The van der Waals surface area contributed by atoms with E-state index in [4.69, 9.17) is 23.4 Å². The van der Waals surface area contributed by atoms with Crippen LogP contribution >= 0.6 is 0 Å². The van der Waals surface area contributed by atoms with Crippen molar-refractivity contribution in [2.45, 2.75) is 95.5 Å². The zero-order valence-electron chi connectivity index (χ0n) is 25.3. The third-order valence-corrected chi connectivity index (χ3v) is 13.8. The monoisotopic (exact) mass is 592 g/mol. The Morgan fingerprint density at radius 1 is 0.929 bits per heavy atom. The molecule has 0 N–H and O–H groups in total. The summed E-state index contributed by atoms with van der Waals surface area (Å²) >= 11 is 0. The molecule has 0 amide bonds. The number of hydrogen-bond donors (Lipinski definition) is 0. The quantitative estimate of drug-likeness (QED) is 0.198. The molecule has 2 saturated heterocycles. The number of epoxide rings is 1. The van der Waals surface area contributed by atoms with Gasteiger partial charge in [-0.25, -0.2) is 0 Å². The lowest BCUT2D eigenvalue weighted by molar-refractivity contribution is -0.208. The highest BCUT2D eigenvalue weighted by molar-refractivity contribution is 6.99. The maximum atomic E-state index is 12.8. The van der Waals surface area contributed by atoms with E-state index in [2.05, 4.69) is 45.0 Å². The molecule has 8 nitrogen and oxygen atoms in total. The van der Waals surface area contributed by atoms with Crippen molar-refractivity contribution >= 4 is 36.9 Å². The molecule has 0 radical (unpaired) electrons. The molecule has 0 saturated carbocycles. The second-order valence-corrected chi connectivity index (χ2v) is 17.3. The molecule has 3 aliphatic rings. The van der Waals surface area contributed by atoms with Gasteiger partial charge in [-0.3, -0.25) is 14.4 Å². The highest BCUT2D eigenvalue weighted by Crippen LogP contribution is 2.59. The molecule has 2 fully saturated rings. The topological polar surface area (TPSA) is 101 Å². The minimum Gasteiger partial charge on any atom is -0.459 e. The van der Waals surface area contributed by atoms with E-state index in [0.29, 0.717) is 17.6 Å². The molecule has 5 atom stereocenters.